The summed E-state index contributed by atoms with van der Waals surface area (Å²) in [5.74, 6) is -0.489. The van der Waals surface area contributed by atoms with E-state index in [9.17, 15) is 17.2 Å². The van der Waals surface area contributed by atoms with Gasteiger partial charge in [0.15, 0.2) is 15.8 Å². The van der Waals surface area contributed by atoms with Crippen LogP contribution in [0.4, 0.5) is 8.78 Å². The minimum absolute atomic E-state index is 0. The summed E-state index contributed by atoms with van der Waals surface area (Å²) in [6, 6.07) is 3.25. The van der Waals surface area contributed by atoms with E-state index in [1.807, 2.05) is 11.8 Å². The molecular weight excluding hydrogens is 463 g/mol. The molecule has 9 heteroatoms. The van der Waals surface area contributed by atoms with E-state index in [1.54, 1.807) is 13.8 Å². The normalized spacial score (nSPS) is 19.2. The van der Waals surface area contributed by atoms with Crippen LogP contribution in [-0.2, 0) is 16.4 Å². The molecule has 1 aromatic carbocycles. The Morgan fingerprint density at radius 1 is 1.36 bits per heavy atom. The third kappa shape index (κ3) is 5.25. The summed E-state index contributed by atoms with van der Waals surface area (Å²) in [4.78, 5) is 6.20. The maximum absolute atomic E-state index is 13.7. The lowest BCUT2D eigenvalue weighted by molar-refractivity contribution is 0.353. The first-order valence-corrected chi connectivity index (χ1v) is 9.51. The molecule has 0 spiro atoms. The molecule has 0 amide bonds. The van der Waals surface area contributed by atoms with Gasteiger partial charge in [0.25, 0.3) is 0 Å². The quantitative estimate of drug-likeness (QED) is 0.405. The zero-order chi connectivity index (χ0) is 18.0. The van der Waals surface area contributed by atoms with E-state index in [2.05, 4.69) is 10.3 Å². The molecule has 1 aliphatic rings. The van der Waals surface area contributed by atoms with Crippen molar-refractivity contribution in [2.45, 2.75) is 32.1 Å². The van der Waals surface area contributed by atoms with Crippen LogP contribution in [0, 0.1) is 11.6 Å². The number of benzene rings is 1. The Morgan fingerprint density at radius 2 is 2.04 bits per heavy atom. The van der Waals surface area contributed by atoms with Crippen molar-refractivity contribution in [2.24, 2.45) is 4.99 Å². The predicted octanol–water partition coefficient (Wildman–Crippen LogP) is 2.56. The highest BCUT2D eigenvalue weighted by Crippen LogP contribution is 2.24. The molecule has 5 nitrogen and oxygen atoms in total. The van der Waals surface area contributed by atoms with Gasteiger partial charge in [-0.25, -0.2) is 22.2 Å². The molecular formula is C16H24F2IN3O2S. The van der Waals surface area contributed by atoms with Crippen LogP contribution in [0.15, 0.2) is 23.2 Å². The van der Waals surface area contributed by atoms with Gasteiger partial charge in [-0.1, -0.05) is 0 Å². The van der Waals surface area contributed by atoms with Gasteiger partial charge in [-0.2, -0.15) is 0 Å². The van der Waals surface area contributed by atoms with Crippen LogP contribution >= 0.6 is 24.0 Å². The van der Waals surface area contributed by atoms with E-state index in [0.717, 1.165) is 18.2 Å². The zero-order valence-electron chi connectivity index (χ0n) is 14.6. The van der Waals surface area contributed by atoms with Gasteiger partial charge in [0.05, 0.1) is 17.0 Å². The van der Waals surface area contributed by atoms with E-state index >= 15 is 0 Å². The summed E-state index contributed by atoms with van der Waals surface area (Å²) in [6.45, 7) is 6.46. The van der Waals surface area contributed by atoms with Crippen LogP contribution in [0.5, 0.6) is 0 Å². The van der Waals surface area contributed by atoms with Gasteiger partial charge in [0.1, 0.15) is 11.6 Å². The van der Waals surface area contributed by atoms with Gasteiger partial charge in [-0.15, -0.1) is 24.0 Å². The second-order valence-electron chi connectivity index (χ2n) is 6.41. The first kappa shape index (κ1) is 22.1. The number of aliphatic imine (C=N–C) groups is 1. The van der Waals surface area contributed by atoms with Gasteiger partial charge >= 0.3 is 0 Å². The second kappa shape index (κ2) is 8.61. The smallest absolute Gasteiger partial charge is 0.194 e. The van der Waals surface area contributed by atoms with E-state index in [0.29, 0.717) is 25.6 Å². The third-order valence-corrected chi connectivity index (χ3v) is 6.62. The van der Waals surface area contributed by atoms with Crippen molar-refractivity contribution in [1.29, 1.82) is 0 Å². The van der Waals surface area contributed by atoms with E-state index in [4.69, 9.17) is 0 Å². The highest BCUT2D eigenvalue weighted by molar-refractivity contribution is 14.0. The lowest BCUT2D eigenvalue weighted by atomic mass is 10.2. The fourth-order valence-electron chi connectivity index (χ4n) is 2.57. The molecule has 1 saturated heterocycles. The summed E-state index contributed by atoms with van der Waals surface area (Å²) in [7, 11) is -3.16. The average molecular weight is 487 g/mol. The van der Waals surface area contributed by atoms with Gasteiger partial charge in [0.2, 0.25) is 0 Å². The molecule has 0 aliphatic carbocycles. The highest BCUT2D eigenvalue weighted by Gasteiger charge is 2.40. The summed E-state index contributed by atoms with van der Waals surface area (Å²) in [6.07, 6.45) is 0. The number of hydrogen-bond acceptors (Lipinski definition) is 3. The van der Waals surface area contributed by atoms with E-state index < -0.39 is 26.2 Å². The first-order valence-electron chi connectivity index (χ1n) is 7.86. The Morgan fingerprint density at radius 3 is 2.64 bits per heavy atom. The highest BCUT2D eigenvalue weighted by atomic mass is 127. The molecule has 0 saturated carbocycles. The van der Waals surface area contributed by atoms with Crippen LogP contribution in [0.1, 0.15) is 26.3 Å². The van der Waals surface area contributed by atoms with E-state index in [1.165, 1.54) is 0 Å². The van der Waals surface area contributed by atoms with Crippen LogP contribution in [0.2, 0.25) is 0 Å². The van der Waals surface area contributed by atoms with Crippen LogP contribution < -0.4 is 5.32 Å². The number of halogens is 3. The van der Waals surface area contributed by atoms with Crippen molar-refractivity contribution < 1.29 is 17.2 Å². The topological polar surface area (TPSA) is 61.8 Å². The standard InChI is InChI=1S/C16H23F2N3O2S.HI/c1-4-19-15(20-10-12-9-13(17)5-6-14(12)18)21-7-8-24(22,23)16(2,3)11-21;/h5-6,9H,4,7-8,10-11H2,1-3H3,(H,19,20);1H. The zero-order valence-corrected chi connectivity index (χ0v) is 17.7. The monoisotopic (exact) mass is 487 g/mol. The van der Waals surface area contributed by atoms with Crippen LogP contribution in [-0.4, -0.2) is 49.4 Å². The van der Waals surface area contributed by atoms with Crippen LogP contribution in [0.3, 0.4) is 0 Å². The molecule has 142 valence electrons. The third-order valence-electron chi connectivity index (χ3n) is 4.08. The molecule has 1 aliphatic heterocycles. The molecule has 1 heterocycles. The fourth-order valence-corrected chi connectivity index (χ4v) is 3.94. The Hall–Kier alpha value is -0.970. The van der Waals surface area contributed by atoms with E-state index in [-0.39, 0.29) is 41.8 Å². The number of guanidine groups is 1. The minimum Gasteiger partial charge on any atom is -0.357 e. The lowest BCUT2D eigenvalue weighted by Gasteiger charge is -2.39. The number of nitrogens with one attached hydrogen (secondary N) is 1. The van der Waals surface area contributed by atoms with Crippen molar-refractivity contribution in [2.75, 3.05) is 25.4 Å². The Bertz CT molecular complexity index is 739. The molecule has 0 unspecified atom stereocenters. The van der Waals surface area contributed by atoms with Gasteiger partial charge in [0, 0.05) is 25.2 Å². The number of rotatable bonds is 3. The van der Waals surface area contributed by atoms with Crippen molar-refractivity contribution in [3.8, 4) is 0 Å². The average Bonchev–Trinajstić information content (AvgIpc) is 2.49. The predicted molar refractivity (Wildman–Crippen MR) is 106 cm³/mol. The minimum atomic E-state index is -3.16. The van der Waals surface area contributed by atoms with Crippen LogP contribution in [0.25, 0.3) is 0 Å². The summed E-state index contributed by atoms with van der Waals surface area (Å²) < 4.78 is 50.3. The largest absolute Gasteiger partial charge is 0.357 e. The SMILES string of the molecule is CCNC(=NCc1cc(F)ccc1F)N1CCS(=O)(=O)C(C)(C)C1.I. The summed E-state index contributed by atoms with van der Waals surface area (Å²) in [5, 5.41) is 3.09. The fraction of sp³-hybridized carbons (Fsp3) is 0.562. The molecule has 1 fully saturated rings. The summed E-state index contributed by atoms with van der Waals surface area (Å²) >= 11 is 0. The van der Waals surface area contributed by atoms with Gasteiger partial charge in [-0.3, -0.25) is 0 Å². The molecule has 2 rings (SSSR count). The molecule has 0 bridgehead atoms. The molecule has 0 atom stereocenters. The van der Waals surface area contributed by atoms with Crippen molar-refractivity contribution >= 4 is 39.8 Å². The van der Waals surface area contributed by atoms with Gasteiger partial charge in [-0.05, 0) is 39.0 Å². The molecule has 25 heavy (non-hydrogen) atoms. The molecule has 1 aromatic rings. The maximum atomic E-state index is 13.7. The Kier molecular flexibility index (Phi) is 7.60. The Balaban J connectivity index is 0.00000312. The van der Waals surface area contributed by atoms with Gasteiger partial charge < -0.3 is 10.2 Å². The molecule has 1 N–H and O–H groups in total. The van der Waals surface area contributed by atoms with Crippen molar-refractivity contribution in [3.05, 3.63) is 35.4 Å². The second-order valence-corrected chi connectivity index (χ2v) is 9.15. The number of hydrogen-bond donors (Lipinski definition) is 1. The molecule has 0 aromatic heterocycles. The lowest BCUT2D eigenvalue weighted by Crippen LogP contribution is -2.57. The summed E-state index contributed by atoms with van der Waals surface area (Å²) in [5.41, 5.74) is 0.161. The number of nitrogens with zero attached hydrogens (tertiary/aromatic N) is 2. The first-order chi connectivity index (χ1) is 11.2. The van der Waals surface area contributed by atoms with Crippen molar-refractivity contribution in [3.63, 3.8) is 0 Å². The maximum Gasteiger partial charge on any atom is 0.194 e. The number of sulfone groups is 1. The molecule has 0 radical (unpaired) electrons. The Labute approximate surface area is 164 Å². The van der Waals surface area contributed by atoms with Crippen molar-refractivity contribution in [1.82, 2.24) is 10.2 Å².